The highest BCUT2D eigenvalue weighted by molar-refractivity contribution is 6.14. The standard InChI is InChI=1S/C54H38N2O/c1-54(2,3)48-19-11-17-42-43-18-12-22-51(53(43)57-52(42)48)55(37-13-5-4-6-14-37)38-25-23-33-29-44-46(31-35(33)27-38)45-30-34-24-26-39(28-36(34)32-47(44)45)56-49-20-9-7-15-40(49)41-16-8-10-21-50(41)56/h4-32H,1-3H3. The highest BCUT2D eigenvalue weighted by Gasteiger charge is 2.26. The second kappa shape index (κ2) is 11.7. The average molecular weight is 731 g/mol. The van der Waals surface area contributed by atoms with Crippen molar-refractivity contribution in [3.05, 3.63) is 181 Å². The maximum Gasteiger partial charge on any atom is 0.159 e. The summed E-state index contributed by atoms with van der Waals surface area (Å²) in [5, 5.41) is 9.79. The van der Waals surface area contributed by atoms with E-state index >= 15 is 0 Å². The van der Waals surface area contributed by atoms with E-state index in [1.807, 2.05) is 0 Å². The van der Waals surface area contributed by atoms with Gasteiger partial charge in [-0.05, 0) is 128 Å². The van der Waals surface area contributed by atoms with Crippen LogP contribution in [0.15, 0.2) is 180 Å². The molecule has 0 aliphatic heterocycles. The van der Waals surface area contributed by atoms with Crippen LogP contribution < -0.4 is 4.90 Å². The maximum absolute atomic E-state index is 6.89. The minimum Gasteiger partial charge on any atom is -0.454 e. The molecule has 270 valence electrons. The van der Waals surface area contributed by atoms with E-state index in [4.69, 9.17) is 4.42 Å². The molecule has 0 fully saturated rings. The fourth-order valence-electron chi connectivity index (χ4n) is 9.45. The van der Waals surface area contributed by atoms with Gasteiger partial charge in [0, 0.05) is 44.2 Å². The number of benzene rings is 9. The number of nitrogens with zero attached hydrogens (tertiary/aromatic N) is 2. The Balaban J connectivity index is 0.973. The largest absolute Gasteiger partial charge is 0.454 e. The van der Waals surface area contributed by atoms with E-state index in [-0.39, 0.29) is 5.41 Å². The van der Waals surface area contributed by atoms with Crippen molar-refractivity contribution in [3.8, 4) is 27.9 Å². The molecule has 0 atom stereocenters. The summed E-state index contributed by atoms with van der Waals surface area (Å²) in [5.74, 6) is 0. The van der Waals surface area contributed by atoms with Crippen LogP contribution in [0.5, 0.6) is 0 Å². The molecular weight excluding hydrogens is 693 g/mol. The molecule has 0 spiro atoms. The van der Waals surface area contributed by atoms with Crippen LogP contribution in [0, 0.1) is 0 Å². The fraction of sp³-hybridized carbons (Fsp3) is 0.0741. The third-order valence-corrected chi connectivity index (χ3v) is 12.2. The molecule has 12 rings (SSSR count). The van der Waals surface area contributed by atoms with Gasteiger partial charge in [-0.25, -0.2) is 0 Å². The summed E-state index contributed by atoms with van der Waals surface area (Å²) in [6.45, 7) is 6.75. The van der Waals surface area contributed by atoms with Crippen molar-refractivity contribution in [2.75, 3.05) is 4.90 Å². The lowest BCUT2D eigenvalue weighted by atomic mass is 9.78. The molecule has 0 N–H and O–H groups in total. The molecule has 11 aromatic rings. The van der Waals surface area contributed by atoms with Gasteiger partial charge in [0.15, 0.2) is 5.58 Å². The lowest BCUT2D eigenvalue weighted by molar-refractivity contribution is 0.573. The molecule has 3 heteroatoms. The van der Waals surface area contributed by atoms with Gasteiger partial charge in [-0.15, -0.1) is 0 Å². The quantitative estimate of drug-likeness (QED) is 0.180. The number of hydrogen-bond acceptors (Lipinski definition) is 2. The van der Waals surface area contributed by atoms with Crippen LogP contribution in [0.2, 0.25) is 0 Å². The third kappa shape index (κ3) is 4.72. The van der Waals surface area contributed by atoms with Crippen molar-refractivity contribution in [2.45, 2.75) is 26.2 Å². The normalized spacial score (nSPS) is 12.5. The molecule has 0 amide bonds. The Labute approximate surface area is 330 Å². The monoisotopic (exact) mass is 730 g/mol. The number of aromatic nitrogens is 1. The summed E-state index contributed by atoms with van der Waals surface area (Å²) in [6.07, 6.45) is 0. The Morgan fingerprint density at radius 2 is 0.965 bits per heavy atom. The van der Waals surface area contributed by atoms with Gasteiger partial charge in [0.2, 0.25) is 0 Å². The molecular formula is C54H38N2O. The van der Waals surface area contributed by atoms with Crippen LogP contribution in [0.3, 0.4) is 0 Å². The van der Waals surface area contributed by atoms with E-state index in [0.717, 1.165) is 39.0 Å². The molecule has 1 aliphatic carbocycles. The van der Waals surface area contributed by atoms with Gasteiger partial charge in [0.1, 0.15) is 5.58 Å². The van der Waals surface area contributed by atoms with Crippen molar-refractivity contribution in [2.24, 2.45) is 0 Å². The smallest absolute Gasteiger partial charge is 0.159 e. The molecule has 9 aromatic carbocycles. The molecule has 0 saturated carbocycles. The number of para-hydroxylation sites is 5. The number of hydrogen-bond donors (Lipinski definition) is 0. The highest BCUT2D eigenvalue weighted by Crippen LogP contribution is 2.51. The zero-order valence-corrected chi connectivity index (χ0v) is 32.0. The van der Waals surface area contributed by atoms with Crippen LogP contribution in [0.1, 0.15) is 26.3 Å². The number of fused-ring (bicyclic) bond motifs is 12. The summed E-state index contributed by atoms with van der Waals surface area (Å²) in [6, 6.07) is 64.4. The van der Waals surface area contributed by atoms with Gasteiger partial charge in [0.05, 0.1) is 16.7 Å². The van der Waals surface area contributed by atoms with Crippen molar-refractivity contribution >= 4 is 82.4 Å². The summed E-state index contributed by atoms with van der Waals surface area (Å²) < 4.78 is 9.30. The zero-order valence-electron chi connectivity index (χ0n) is 32.0. The lowest BCUT2D eigenvalue weighted by Gasteiger charge is -2.28. The predicted octanol–water partition coefficient (Wildman–Crippen LogP) is 15.4. The first-order valence-corrected chi connectivity index (χ1v) is 19.8. The lowest BCUT2D eigenvalue weighted by Crippen LogP contribution is -2.11. The van der Waals surface area contributed by atoms with Crippen LogP contribution in [0.4, 0.5) is 17.1 Å². The molecule has 0 unspecified atom stereocenters. The summed E-state index contributed by atoms with van der Waals surface area (Å²) in [5.41, 5.74) is 15.1. The van der Waals surface area contributed by atoms with E-state index < -0.39 is 0 Å². The highest BCUT2D eigenvalue weighted by atomic mass is 16.3. The number of anilines is 3. The van der Waals surface area contributed by atoms with E-state index in [2.05, 4.69) is 206 Å². The molecule has 0 radical (unpaired) electrons. The van der Waals surface area contributed by atoms with E-state index in [1.165, 1.54) is 76.9 Å². The first-order valence-electron chi connectivity index (χ1n) is 19.8. The zero-order chi connectivity index (χ0) is 38.0. The second-order valence-electron chi connectivity index (χ2n) is 16.6. The Morgan fingerprint density at radius 1 is 0.421 bits per heavy atom. The van der Waals surface area contributed by atoms with Crippen LogP contribution in [-0.4, -0.2) is 4.57 Å². The van der Waals surface area contributed by atoms with Crippen molar-refractivity contribution < 1.29 is 4.42 Å². The second-order valence-corrected chi connectivity index (χ2v) is 16.6. The first kappa shape index (κ1) is 32.2. The van der Waals surface area contributed by atoms with E-state index in [1.54, 1.807) is 0 Å². The van der Waals surface area contributed by atoms with Crippen molar-refractivity contribution in [1.82, 2.24) is 4.57 Å². The molecule has 2 aromatic heterocycles. The van der Waals surface area contributed by atoms with Crippen LogP contribution in [0.25, 0.3) is 93.2 Å². The minimum absolute atomic E-state index is 0.0478. The van der Waals surface area contributed by atoms with E-state index in [9.17, 15) is 0 Å². The van der Waals surface area contributed by atoms with Gasteiger partial charge >= 0.3 is 0 Å². The first-order chi connectivity index (χ1) is 27.9. The molecule has 0 saturated heterocycles. The van der Waals surface area contributed by atoms with Crippen LogP contribution in [-0.2, 0) is 5.41 Å². The fourth-order valence-corrected chi connectivity index (χ4v) is 9.45. The summed E-state index contributed by atoms with van der Waals surface area (Å²) >= 11 is 0. The van der Waals surface area contributed by atoms with Gasteiger partial charge in [-0.3, -0.25) is 0 Å². The molecule has 57 heavy (non-hydrogen) atoms. The molecule has 0 bridgehead atoms. The van der Waals surface area contributed by atoms with Crippen molar-refractivity contribution in [1.29, 1.82) is 0 Å². The number of furan rings is 1. The molecule has 3 nitrogen and oxygen atoms in total. The predicted molar refractivity (Wildman–Crippen MR) is 241 cm³/mol. The van der Waals surface area contributed by atoms with Gasteiger partial charge in [-0.2, -0.15) is 0 Å². The number of rotatable bonds is 4. The van der Waals surface area contributed by atoms with Gasteiger partial charge in [0.25, 0.3) is 0 Å². The SMILES string of the molecule is CC(C)(C)c1cccc2c1oc1c(N(c3ccccc3)c3ccc4cc5c(cc4c3)-c3cc4ccc(-n6c7ccccc7c7ccccc76)cc4cc3-5)cccc12. The Hall–Kier alpha value is -7.10. The molecule has 2 heterocycles. The van der Waals surface area contributed by atoms with E-state index in [0.29, 0.717) is 0 Å². The minimum atomic E-state index is -0.0478. The van der Waals surface area contributed by atoms with Crippen LogP contribution >= 0.6 is 0 Å². The average Bonchev–Trinajstić information content (AvgIpc) is 3.79. The Morgan fingerprint density at radius 3 is 1.63 bits per heavy atom. The van der Waals surface area contributed by atoms with Gasteiger partial charge < -0.3 is 13.9 Å². The van der Waals surface area contributed by atoms with Gasteiger partial charge in [-0.1, -0.05) is 118 Å². The Bertz CT molecular complexity index is 3400. The maximum atomic E-state index is 6.89. The van der Waals surface area contributed by atoms with Crippen molar-refractivity contribution in [3.63, 3.8) is 0 Å². The topological polar surface area (TPSA) is 21.3 Å². The summed E-state index contributed by atoms with van der Waals surface area (Å²) in [7, 11) is 0. The molecule has 1 aliphatic rings. The third-order valence-electron chi connectivity index (χ3n) is 12.2. The Kier molecular flexibility index (Phi) is 6.61. The summed E-state index contributed by atoms with van der Waals surface area (Å²) in [4.78, 5) is 2.34.